The van der Waals surface area contributed by atoms with E-state index in [1.807, 2.05) is 0 Å². The van der Waals surface area contributed by atoms with Crippen LogP contribution >= 0.6 is 15.9 Å². The highest BCUT2D eigenvalue weighted by molar-refractivity contribution is 9.10. The van der Waals surface area contributed by atoms with Gasteiger partial charge in [-0.25, -0.2) is 14.0 Å². The summed E-state index contributed by atoms with van der Waals surface area (Å²) in [7, 11) is 0. The zero-order chi connectivity index (χ0) is 15.6. The van der Waals surface area contributed by atoms with E-state index in [1.165, 1.54) is 12.1 Å². The third kappa shape index (κ3) is 3.24. The van der Waals surface area contributed by atoms with Crippen LogP contribution in [0.25, 0.3) is 0 Å². The SMILES string of the molecule is CCOC(=O)C1=C(C)NC(=O)NC1c1ccc(Br)cc1F. The largest absolute Gasteiger partial charge is 0.463 e. The molecule has 0 aliphatic carbocycles. The number of nitrogens with one attached hydrogen (secondary N) is 2. The maximum absolute atomic E-state index is 14.1. The number of hydrogen-bond donors (Lipinski definition) is 2. The molecular formula is C14H14BrFN2O3. The fourth-order valence-corrected chi connectivity index (χ4v) is 2.48. The van der Waals surface area contributed by atoms with Gasteiger partial charge in [-0.1, -0.05) is 22.0 Å². The van der Waals surface area contributed by atoms with Crippen molar-refractivity contribution < 1.29 is 18.7 Å². The van der Waals surface area contributed by atoms with Crippen molar-refractivity contribution in [2.24, 2.45) is 0 Å². The highest BCUT2D eigenvalue weighted by Gasteiger charge is 2.33. The van der Waals surface area contributed by atoms with Crippen molar-refractivity contribution in [2.45, 2.75) is 19.9 Å². The fourth-order valence-electron chi connectivity index (χ4n) is 2.14. The highest BCUT2D eigenvalue weighted by Crippen LogP contribution is 2.30. The summed E-state index contributed by atoms with van der Waals surface area (Å²) in [5, 5.41) is 5.04. The smallest absolute Gasteiger partial charge is 0.338 e. The van der Waals surface area contributed by atoms with Crippen molar-refractivity contribution >= 4 is 27.9 Å². The standard InChI is InChI=1S/C14H14BrFN2O3/c1-3-21-13(19)11-7(2)17-14(20)18-12(11)9-5-4-8(15)6-10(9)16/h4-6,12H,3H2,1-2H3,(H2,17,18,20). The van der Waals surface area contributed by atoms with Crippen LogP contribution in [0, 0.1) is 5.82 Å². The molecule has 0 radical (unpaired) electrons. The molecule has 0 aromatic heterocycles. The normalized spacial score (nSPS) is 18.1. The van der Waals surface area contributed by atoms with Gasteiger partial charge in [0.15, 0.2) is 0 Å². The number of benzene rings is 1. The number of hydrogen-bond acceptors (Lipinski definition) is 3. The number of amides is 2. The second-order valence-electron chi connectivity index (χ2n) is 4.46. The van der Waals surface area contributed by atoms with Crippen molar-refractivity contribution in [3.8, 4) is 0 Å². The summed E-state index contributed by atoms with van der Waals surface area (Å²) < 4.78 is 19.7. The van der Waals surface area contributed by atoms with E-state index in [0.29, 0.717) is 10.2 Å². The quantitative estimate of drug-likeness (QED) is 0.818. The lowest BCUT2D eigenvalue weighted by Crippen LogP contribution is -2.45. The number of ether oxygens (including phenoxy) is 1. The van der Waals surface area contributed by atoms with Gasteiger partial charge in [-0.3, -0.25) is 0 Å². The molecular weight excluding hydrogens is 343 g/mol. The Kier molecular flexibility index (Phi) is 4.62. The van der Waals surface area contributed by atoms with Gasteiger partial charge in [0.2, 0.25) is 0 Å². The zero-order valence-electron chi connectivity index (χ0n) is 11.5. The molecule has 1 aliphatic heterocycles. The zero-order valence-corrected chi connectivity index (χ0v) is 13.1. The van der Waals surface area contributed by atoms with E-state index in [9.17, 15) is 14.0 Å². The van der Waals surface area contributed by atoms with Crippen LogP contribution in [0.4, 0.5) is 9.18 Å². The molecule has 7 heteroatoms. The van der Waals surface area contributed by atoms with E-state index in [2.05, 4.69) is 26.6 Å². The number of carbonyl (C=O) groups excluding carboxylic acids is 2. The molecule has 0 fully saturated rings. The Morgan fingerprint density at radius 2 is 2.19 bits per heavy atom. The van der Waals surface area contributed by atoms with Crippen LogP contribution in [0.2, 0.25) is 0 Å². The Bertz CT molecular complexity index is 631. The number of halogens is 2. The molecule has 112 valence electrons. The first-order valence-electron chi connectivity index (χ1n) is 6.34. The topological polar surface area (TPSA) is 67.4 Å². The van der Waals surface area contributed by atoms with Crippen LogP contribution in [0.15, 0.2) is 33.9 Å². The van der Waals surface area contributed by atoms with Gasteiger partial charge in [0.05, 0.1) is 18.2 Å². The van der Waals surface area contributed by atoms with E-state index in [-0.39, 0.29) is 17.7 Å². The van der Waals surface area contributed by atoms with Gasteiger partial charge in [0, 0.05) is 15.7 Å². The Balaban J connectivity index is 2.49. The number of allylic oxidation sites excluding steroid dienone is 1. The maximum atomic E-state index is 14.1. The predicted molar refractivity (Wildman–Crippen MR) is 77.8 cm³/mol. The summed E-state index contributed by atoms with van der Waals surface area (Å²) in [4.78, 5) is 23.7. The van der Waals surface area contributed by atoms with Gasteiger partial charge in [-0.05, 0) is 26.0 Å². The minimum absolute atomic E-state index is 0.192. The molecule has 1 aromatic rings. The monoisotopic (exact) mass is 356 g/mol. The molecule has 1 unspecified atom stereocenters. The molecule has 21 heavy (non-hydrogen) atoms. The lowest BCUT2D eigenvalue weighted by atomic mass is 9.95. The number of urea groups is 1. The lowest BCUT2D eigenvalue weighted by Gasteiger charge is -2.28. The van der Waals surface area contributed by atoms with Crippen LogP contribution in [-0.4, -0.2) is 18.6 Å². The van der Waals surface area contributed by atoms with E-state index < -0.39 is 23.9 Å². The molecule has 0 bridgehead atoms. The first kappa shape index (κ1) is 15.5. The molecule has 1 heterocycles. The van der Waals surface area contributed by atoms with Gasteiger partial charge < -0.3 is 15.4 Å². The summed E-state index contributed by atoms with van der Waals surface area (Å²) in [6, 6.07) is 3.06. The number of carbonyl (C=O) groups is 2. The maximum Gasteiger partial charge on any atom is 0.338 e. The van der Waals surface area contributed by atoms with Gasteiger partial charge >= 0.3 is 12.0 Å². The van der Waals surface area contributed by atoms with Crippen molar-refractivity contribution in [2.75, 3.05) is 6.61 Å². The number of esters is 1. The molecule has 1 atom stereocenters. The molecule has 1 aliphatic rings. The van der Waals surface area contributed by atoms with E-state index in [0.717, 1.165) is 0 Å². The van der Waals surface area contributed by atoms with Gasteiger partial charge in [-0.2, -0.15) is 0 Å². The molecule has 2 amide bonds. The van der Waals surface area contributed by atoms with Crippen LogP contribution < -0.4 is 10.6 Å². The summed E-state index contributed by atoms with van der Waals surface area (Å²) >= 11 is 3.17. The Morgan fingerprint density at radius 1 is 1.48 bits per heavy atom. The van der Waals surface area contributed by atoms with Gasteiger partial charge in [-0.15, -0.1) is 0 Å². The fraction of sp³-hybridized carbons (Fsp3) is 0.286. The first-order valence-corrected chi connectivity index (χ1v) is 7.13. The molecule has 0 saturated heterocycles. The third-order valence-corrected chi connectivity index (χ3v) is 3.53. The second kappa shape index (κ2) is 6.26. The minimum Gasteiger partial charge on any atom is -0.463 e. The van der Waals surface area contributed by atoms with Crippen molar-refractivity contribution in [1.82, 2.24) is 10.6 Å². The van der Waals surface area contributed by atoms with Gasteiger partial charge in [0.25, 0.3) is 0 Å². The van der Waals surface area contributed by atoms with Crippen LogP contribution in [0.3, 0.4) is 0 Å². The molecule has 1 aromatic carbocycles. The van der Waals surface area contributed by atoms with E-state index in [4.69, 9.17) is 4.74 Å². The summed E-state index contributed by atoms with van der Waals surface area (Å²) in [6.07, 6.45) is 0. The van der Waals surface area contributed by atoms with Crippen molar-refractivity contribution in [1.29, 1.82) is 0 Å². The molecule has 5 nitrogen and oxygen atoms in total. The second-order valence-corrected chi connectivity index (χ2v) is 5.37. The Labute approximate surface area is 129 Å². The average Bonchev–Trinajstić information content (AvgIpc) is 2.37. The molecule has 0 saturated carbocycles. The van der Waals surface area contributed by atoms with Crippen LogP contribution in [0.5, 0.6) is 0 Å². The summed E-state index contributed by atoms with van der Waals surface area (Å²) in [5.74, 6) is -1.11. The lowest BCUT2D eigenvalue weighted by molar-refractivity contribution is -0.139. The molecule has 0 spiro atoms. The van der Waals surface area contributed by atoms with E-state index in [1.54, 1.807) is 19.9 Å². The minimum atomic E-state index is -0.883. The summed E-state index contributed by atoms with van der Waals surface area (Å²) in [5.41, 5.74) is 0.748. The average molecular weight is 357 g/mol. The Hall–Kier alpha value is -1.89. The van der Waals surface area contributed by atoms with Gasteiger partial charge in [0.1, 0.15) is 5.82 Å². The third-order valence-electron chi connectivity index (χ3n) is 3.04. The molecule has 2 N–H and O–H groups in total. The van der Waals surface area contributed by atoms with Crippen molar-refractivity contribution in [3.63, 3.8) is 0 Å². The van der Waals surface area contributed by atoms with Crippen molar-refractivity contribution in [3.05, 3.63) is 45.3 Å². The van der Waals surface area contributed by atoms with Crippen LogP contribution in [0.1, 0.15) is 25.5 Å². The van der Waals surface area contributed by atoms with E-state index >= 15 is 0 Å². The molecule has 2 rings (SSSR count). The highest BCUT2D eigenvalue weighted by atomic mass is 79.9. The number of rotatable bonds is 3. The Morgan fingerprint density at radius 3 is 2.81 bits per heavy atom. The predicted octanol–water partition coefficient (Wildman–Crippen LogP) is 2.78. The van der Waals surface area contributed by atoms with Crippen LogP contribution in [-0.2, 0) is 9.53 Å². The first-order chi connectivity index (χ1) is 9.93. The summed E-state index contributed by atoms with van der Waals surface area (Å²) in [6.45, 7) is 3.45.